The lowest BCUT2D eigenvalue weighted by molar-refractivity contribution is -0.161. The Morgan fingerprint density at radius 1 is 0.450 bits per heavy atom. The Morgan fingerprint density at radius 3 is 1.22 bits per heavy atom. The Bertz CT molecular complexity index is 1110. The number of phosphoric ester groups is 1. The fraction of sp³-hybridized carbons (Fsp3) is 0.854. The molecule has 12 heteroatoms. The van der Waals surface area contributed by atoms with Crippen LogP contribution in [0.5, 0.6) is 0 Å². The number of allylic oxidation sites excluding steroid dienone is 4. The van der Waals surface area contributed by atoms with Crippen LogP contribution in [-0.2, 0) is 42.2 Å². The molecule has 0 amide bonds. The van der Waals surface area contributed by atoms with E-state index in [1.54, 1.807) is 0 Å². The van der Waals surface area contributed by atoms with Gasteiger partial charge in [0.25, 0.3) is 0 Å². The van der Waals surface area contributed by atoms with Gasteiger partial charge in [0.05, 0.1) is 19.8 Å². The van der Waals surface area contributed by atoms with Crippen molar-refractivity contribution in [3.8, 4) is 0 Å². The minimum atomic E-state index is -4.73. The molecule has 0 saturated carbocycles. The average molecular weight is 873 g/mol. The molecule has 3 unspecified atom stereocenters. The minimum Gasteiger partial charge on any atom is -0.462 e. The third-order valence-electron chi connectivity index (χ3n) is 10.3. The van der Waals surface area contributed by atoms with Crippen molar-refractivity contribution in [2.24, 2.45) is 0 Å². The van der Waals surface area contributed by atoms with E-state index in [0.29, 0.717) is 19.3 Å². The van der Waals surface area contributed by atoms with Gasteiger partial charge in [-0.25, -0.2) is 4.57 Å². The number of carbonyl (C=O) groups is 3. The van der Waals surface area contributed by atoms with E-state index >= 15 is 0 Å². The van der Waals surface area contributed by atoms with Gasteiger partial charge in [-0.2, -0.15) is 0 Å². The highest BCUT2D eigenvalue weighted by molar-refractivity contribution is 7.47. The lowest BCUT2D eigenvalue weighted by Crippen LogP contribution is -2.30. The minimum absolute atomic E-state index is 0.159. The number of hydrogen-bond donors (Lipinski definition) is 2. The van der Waals surface area contributed by atoms with Crippen LogP contribution in [0.3, 0.4) is 0 Å². The van der Waals surface area contributed by atoms with Crippen molar-refractivity contribution < 1.29 is 52.2 Å². The molecule has 0 radical (unpaired) electrons. The second-order valence-electron chi connectivity index (χ2n) is 16.3. The second-order valence-corrected chi connectivity index (χ2v) is 17.7. The molecule has 0 aromatic carbocycles. The fourth-order valence-corrected chi connectivity index (χ4v) is 7.35. The summed E-state index contributed by atoms with van der Waals surface area (Å²) in [6, 6.07) is 0. The first-order chi connectivity index (χ1) is 29.2. The van der Waals surface area contributed by atoms with Gasteiger partial charge in [0.2, 0.25) is 0 Å². The van der Waals surface area contributed by atoms with Crippen LogP contribution in [0.4, 0.5) is 0 Å². The lowest BCUT2D eigenvalue weighted by Gasteiger charge is -2.21. The van der Waals surface area contributed by atoms with E-state index in [1.807, 2.05) is 0 Å². The van der Waals surface area contributed by atoms with Crippen molar-refractivity contribution in [3.05, 3.63) is 24.3 Å². The van der Waals surface area contributed by atoms with Crippen LogP contribution in [0.15, 0.2) is 24.3 Å². The third-order valence-corrected chi connectivity index (χ3v) is 11.3. The van der Waals surface area contributed by atoms with Crippen molar-refractivity contribution in [2.75, 3.05) is 26.4 Å². The number of hydrogen-bond acceptors (Lipinski definition) is 10. The summed E-state index contributed by atoms with van der Waals surface area (Å²) in [6.07, 6.45) is 38.8. The first-order valence-corrected chi connectivity index (χ1v) is 25.7. The van der Waals surface area contributed by atoms with Gasteiger partial charge in [0.15, 0.2) is 6.10 Å². The highest BCUT2D eigenvalue weighted by atomic mass is 31.2. The number of aliphatic hydroxyl groups excluding tert-OH is 1. The smallest absolute Gasteiger partial charge is 0.462 e. The van der Waals surface area contributed by atoms with Gasteiger partial charge in [-0.1, -0.05) is 167 Å². The SMILES string of the molecule is CCCC/C=C\CCCCCCCC(=O)OC(COC(=O)CCCCCCC/C=C\CCCCCC)COP(=O)(O)OCC(CO)OC(=O)CCCCCCCCCCC. The molecule has 0 heterocycles. The maximum Gasteiger partial charge on any atom is 0.472 e. The lowest BCUT2D eigenvalue weighted by atomic mass is 10.1. The molecule has 3 atom stereocenters. The van der Waals surface area contributed by atoms with Crippen molar-refractivity contribution in [1.29, 1.82) is 0 Å². The zero-order valence-electron chi connectivity index (χ0n) is 38.4. The number of rotatable bonds is 45. The Morgan fingerprint density at radius 2 is 0.783 bits per heavy atom. The molecule has 0 bridgehead atoms. The number of ether oxygens (including phenoxy) is 3. The molecule has 0 saturated heterocycles. The van der Waals surface area contributed by atoms with Crippen LogP contribution in [0.25, 0.3) is 0 Å². The first kappa shape index (κ1) is 58.0. The fourth-order valence-electron chi connectivity index (χ4n) is 6.57. The zero-order chi connectivity index (χ0) is 44.2. The average Bonchev–Trinajstić information content (AvgIpc) is 3.23. The molecule has 0 aliphatic heterocycles. The number of carbonyl (C=O) groups excluding carboxylic acids is 3. The molecule has 0 spiro atoms. The Balaban J connectivity index is 4.76. The van der Waals surface area contributed by atoms with Gasteiger partial charge in [-0.15, -0.1) is 0 Å². The van der Waals surface area contributed by atoms with E-state index in [4.69, 9.17) is 23.3 Å². The quantitative estimate of drug-likeness (QED) is 0.0197. The summed E-state index contributed by atoms with van der Waals surface area (Å²) in [7, 11) is -4.73. The summed E-state index contributed by atoms with van der Waals surface area (Å²) in [6.45, 7) is 4.53. The third kappa shape index (κ3) is 41.3. The predicted octanol–water partition coefficient (Wildman–Crippen LogP) is 13.1. The molecular weight excluding hydrogens is 783 g/mol. The van der Waals surface area contributed by atoms with Crippen LogP contribution in [0.1, 0.15) is 226 Å². The summed E-state index contributed by atoms with van der Waals surface area (Å²) >= 11 is 0. The first-order valence-electron chi connectivity index (χ1n) is 24.2. The maximum absolute atomic E-state index is 12.8. The number of aliphatic hydroxyl groups is 1. The summed E-state index contributed by atoms with van der Waals surface area (Å²) in [5, 5.41) is 9.71. The molecule has 60 heavy (non-hydrogen) atoms. The van der Waals surface area contributed by atoms with Crippen molar-refractivity contribution in [2.45, 2.75) is 238 Å². The van der Waals surface area contributed by atoms with Crippen molar-refractivity contribution >= 4 is 25.7 Å². The normalized spacial score (nSPS) is 13.8. The van der Waals surface area contributed by atoms with E-state index in [-0.39, 0.29) is 25.9 Å². The molecule has 0 aliphatic rings. The Hall–Kier alpha value is -2.04. The number of esters is 3. The highest BCUT2D eigenvalue weighted by Crippen LogP contribution is 2.43. The van der Waals surface area contributed by atoms with Crippen LogP contribution in [0.2, 0.25) is 0 Å². The van der Waals surface area contributed by atoms with Crippen molar-refractivity contribution in [1.82, 2.24) is 0 Å². The number of unbranched alkanes of at least 4 members (excludes halogenated alkanes) is 24. The summed E-state index contributed by atoms with van der Waals surface area (Å²) in [4.78, 5) is 48.0. The standard InChI is InChI=1S/C48H89O11P/c1-4-7-10-13-16-19-21-22-24-26-28-31-34-37-46(50)55-41-45(59-48(52)39-36-33-30-27-23-20-17-14-11-8-5-2)43-57-60(53,54)56-42-44(40-49)58-47(51)38-35-32-29-25-18-15-12-9-6-3/h14,17,19,21,44-45,49H,4-13,15-16,18,20,22-43H2,1-3H3,(H,53,54)/b17-14-,21-19-. The van der Waals surface area contributed by atoms with Gasteiger partial charge in [-0.3, -0.25) is 23.4 Å². The predicted molar refractivity (Wildman–Crippen MR) is 243 cm³/mol. The molecule has 0 aromatic rings. The van der Waals surface area contributed by atoms with Gasteiger partial charge < -0.3 is 24.2 Å². The van der Waals surface area contributed by atoms with Crippen LogP contribution < -0.4 is 0 Å². The van der Waals surface area contributed by atoms with E-state index in [0.717, 1.165) is 96.3 Å². The van der Waals surface area contributed by atoms with Crippen LogP contribution in [-0.4, -0.2) is 66.5 Å². The Kier molecular flexibility index (Phi) is 42.1. The van der Waals surface area contributed by atoms with Gasteiger partial charge in [0.1, 0.15) is 12.7 Å². The molecule has 11 nitrogen and oxygen atoms in total. The van der Waals surface area contributed by atoms with E-state index in [9.17, 15) is 28.9 Å². The summed E-state index contributed by atoms with van der Waals surface area (Å²) in [5.74, 6) is -1.48. The van der Waals surface area contributed by atoms with Gasteiger partial charge in [0, 0.05) is 19.3 Å². The molecule has 0 aliphatic carbocycles. The van der Waals surface area contributed by atoms with Crippen LogP contribution in [0, 0.1) is 0 Å². The summed E-state index contributed by atoms with van der Waals surface area (Å²) < 4.78 is 39.1. The molecule has 0 rings (SSSR count). The van der Waals surface area contributed by atoms with E-state index in [1.165, 1.54) is 70.6 Å². The largest absolute Gasteiger partial charge is 0.472 e. The topological polar surface area (TPSA) is 155 Å². The highest BCUT2D eigenvalue weighted by Gasteiger charge is 2.28. The second kappa shape index (κ2) is 43.6. The summed E-state index contributed by atoms with van der Waals surface area (Å²) in [5.41, 5.74) is 0. The van der Waals surface area contributed by atoms with Gasteiger partial charge in [-0.05, 0) is 64.2 Å². The maximum atomic E-state index is 12.8. The number of phosphoric acid groups is 1. The zero-order valence-corrected chi connectivity index (χ0v) is 39.3. The Labute approximate surface area is 366 Å². The monoisotopic (exact) mass is 873 g/mol. The molecular formula is C48H89O11P. The molecule has 352 valence electrons. The molecule has 0 fully saturated rings. The molecule has 0 aromatic heterocycles. The van der Waals surface area contributed by atoms with Crippen LogP contribution >= 0.6 is 7.82 Å². The van der Waals surface area contributed by atoms with E-state index < -0.39 is 57.8 Å². The molecule has 2 N–H and O–H groups in total. The van der Waals surface area contributed by atoms with E-state index in [2.05, 4.69) is 45.1 Å². The van der Waals surface area contributed by atoms with Crippen molar-refractivity contribution in [3.63, 3.8) is 0 Å². The van der Waals surface area contributed by atoms with Gasteiger partial charge >= 0.3 is 25.7 Å².